The van der Waals surface area contributed by atoms with Gasteiger partial charge in [-0.2, -0.15) is 0 Å². The zero-order chi connectivity index (χ0) is 13.1. The van der Waals surface area contributed by atoms with Crippen LogP contribution in [-0.2, 0) is 9.47 Å². The summed E-state index contributed by atoms with van der Waals surface area (Å²) >= 11 is 5.31. The molecule has 18 heavy (non-hydrogen) atoms. The maximum Gasteiger partial charge on any atom is 0.162 e. The van der Waals surface area contributed by atoms with Gasteiger partial charge in [-0.1, -0.05) is 13.3 Å². The van der Waals surface area contributed by atoms with E-state index in [2.05, 4.69) is 6.92 Å². The Morgan fingerprint density at radius 2 is 2.06 bits per heavy atom. The molecule has 3 nitrogen and oxygen atoms in total. The number of rotatable bonds is 6. The van der Waals surface area contributed by atoms with Crippen molar-refractivity contribution in [3.63, 3.8) is 0 Å². The molecule has 0 radical (unpaired) electrons. The van der Waals surface area contributed by atoms with Gasteiger partial charge >= 0.3 is 0 Å². The SMILES string of the molecule is CCCC(CC1C2CCC(O2)C1CO)C(=S)OC. The fourth-order valence-electron chi connectivity index (χ4n) is 3.63. The number of fused-ring (bicyclic) bond motifs is 2. The Morgan fingerprint density at radius 3 is 2.61 bits per heavy atom. The summed E-state index contributed by atoms with van der Waals surface area (Å²) < 4.78 is 11.2. The lowest BCUT2D eigenvalue weighted by molar-refractivity contribution is 0.0783. The van der Waals surface area contributed by atoms with Crippen molar-refractivity contribution in [2.24, 2.45) is 17.8 Å². The molecule has 0 amide bonds. The molecule has 0 aromatic carbocycles. The summed E-state index contributed by atoms with van der Waals surface area (Å²) in [6.45, 7) is 2.41. The van der Waals surface area contributed by atoms with E-state index in [0.717, 1.165) is 37.2 Å². The number of ether oxygens (including phenoxy) is 2. The molecule has 2 fully saturated rings. The zero-order valence-corrected chi connectivity index (χ0v) is 12.1. The van der Waals surface area contributed by atoms with E-state index in [1.807, 2.05) is 0 Å². The molecule has 0 aromatic heterocycles. The van der Waals surface area contributed by atoms with Crippen molar-refractivity contribution in [3.05, 3.63) is 0 Å². The van der Waals surface area contributed by atoms with E-state index in [1.165, 1.54) is 0 Å². The molecule has 5 atom stereocenters. The standard InChI is InChI=1S/C14H24O3S/c1-3-4-9(14(18)16-2)7-10-11(8-15)13-6-5-12(10)17-13/h9-13,15H,3-8H2,1-2H3. The number of aliphatic hydroxyl groups excluding tert-OH is 1. The van der Waals surface area contributed by atoms with E-state index < -0.39 is 0 Å². The van der Waals surface area contributed by atoms with Crippen LogP contribution >= 0.6 is 12.2 Å². The molecule has 0 spiro atoms. The van der Waals surface area contributed by atoms with Crippen LogP contribution in [0.3, 0.4) is 0 Å². The number of aliphatic hydroxyl groups is 1. The van der Waals surface area contributed by atoms with Crippen LogP contribution in [0.25, 0.3) is 0 Å². The van der Waals surface area contributed by atoms with Crippen molar-refractivity contribution in [2.45, 2.75) is 51.2 Å². The van der Waals surface area contributed by atoms with Gasteiger partial charge in [0.05, 0.1) is 19.3 Å². The molecule has 2 saturated heterocycles. The van der Waals surface area contributed by atoms with Crippen molar-refractivity contribution in [3.8, 4) is 0 Å². The first kappa shape index (κ1) is 14.2. The van der Waals surface area contributed by atoms with E-state index >= 15 is 0 Å². The van der Waals surface area contributed by atoms with Crippen LogP contribution < -0.4 is 0 Å². The van der Waals surface area contributed by atoms with Gasteiger partial charge in [-0.25, -0.2) is 0 Å². The second kappa shape index (κ2) is 6.31. The molecule has 104 valence electrons. The predicted molar refractivity (Wildman–Crippen MR) is 74.6 cm³/mol. The molecule has 2 heterocycles. The van der Waals surface area contributed by atoms with E-state index in [0.29, 0.717) is 23.9 Å². The molecule has 2 aliphatic heterocycles. The first-order valence-electron chi connectivity index (χ1n) is 7.05. The van der Waals surface area contributed by atoms with Gasteiger partial charge in [0.15, 0.2) is 5.05 Å². The third-order valence-corrected chi connectivity index (χ3v) is 5.03. The molecular formula is C14H24O3S. The van der Waals surface area contributed by atoms with Crippen molar-refractivity contribution in [1.29, 1.82) is 0 Å². The fourth-order valence-corrected chi connectivity index (χ4v) is 3.84. The highest BCUT2D eigenvalue weighted by Crippen LogP contribution is 2.46. The van der Waals surface area contributed by atoms with Gasteiger partial charge < -0.3 is 14.6 Å². The van der Waals surface area contributed by atoms with Gasteiger partial charge in [0, 0.05) is 18.4 Å². The predicted octanol–water partition coefficient (Wildman–Crippen LogP) is 2.55. The number of hydrogen-bond acceptors (Lipinski definition) is 4. The Hall–Kier alpha value is -0.190. The third kappa shape index (κ3) is 2.70. The fraction of sp³-hybridized carbons (Fsp3) is 0.929. The van der Waals surface area contributed by atoms with Crippen LogP contribution in [0.4, 0.5) is 0 Å². The maximum absolute atomic E-state index is 9.55. The lowest BCUT2D eigenvalue weighted by atomic mass is 9.74. The van der Waals surface area contributed by atoms with Gasteiger partial charge in [-0.3, -0.25) is 0 Å². The van der Waals surface area contributed by atoms with Gasteiger partial charge in [0.1, 0.15) is 0 Å². The summed E-state index contributed by atoms with van der Waals surface area (Å²) in [6.07, 6.45) is 6.06. The summed E-state index contributed by atoms with van der Waals surface area (Å²) in [5.41, 5.74) is 0. The maximum atomic E-state index is 9.55. The topological polar surface area (TPSA) is 38.7 Å². The summed E-state index contributed by atoms with van der Waals surface area (Å²) in [5, 5.41) is 10.3. The van der Waals surface area contributed by atoms with Crippen LogP contribution in [0, 0.1) is 17.8 Å². The normalized spacial score (nSPS) is 35.7. The van der Waals surface area contributed by atoms with E-state index in [9.17, 15) is 5.11 Å². The molecule has 0 aliphatic carbocycles. The molecule has 0 aromatic rings. The highest BCUT2D eigenvalue weighted by Gasteiger charge is 2.49. The Balaban J connectivity index is 1.99. The monoisotopic (exact) mass is 272 g/mol. The van der Waals surface area contributed by atoms with Crippen LogP contribution in [0.2, 0.25) is 0 Å². The van der Waals surface area contributed by atoms with E-state index in [-0.39, 0.29) is 12.7 Å². The molecule has 2 aliphatic rings. The molecule has 0 saturated carbocycles. The first-order chi connectivity index (χ1) is 8.71. The van der Waals surface area contributed by atoms with E-state index in [1.54, 1.807) is 7.11 Å². The zero-order valence-electron chi connectivity index (χ0n) is 11.3. The highest BCUT2D eigenvalue weighted by molar-refractivity contribution is 7.80. The molecule has 4 heteroatoms. The second-order valence-electron chi connectivity index (χ2n) is 5.55. The Morgan fingerprint density at radius 1 is 1.39 bits per heavy atom. The summed E-state index contributed by atoms with van der Waals surface area (Å²) in [6, 6.07) is 0. The number of hydrogen-bond donors (Lipinski definition) is 1. The number of methoxy groups -OCH3 is 1. The van der Waals surface area contributed by atoms with Crippen LogP contribution in [0.1, 0.15) is 39.0 Å². The van der Waals surface area contributed by atoms with Crippen molar-refractivity contribution in [2.75, 3.05) is 13.7 Å². The van der Waals surface area contributed by atoms with Crippen LogP contribution in [0.5, 0.6) is 0 Å². The molecule has 1 N–H and O–H groups in total. The molecule has 5 unspecified atom stereocenters. The minimum atomic E-state index is 0.240. The van der Waals surface area contributed by atoms with Crippen molar-refractivity contribution < 1.29 is 14.6 Å². The summed E-state index contributed by atoms with van der Waals surface area (Å²) in [5.74, 6) is 1.10. The van der Waals surface area contributed by atoms with Crippen molar-refractivity contribution in [1.82, 2.24) is 0 Å². The molecule has 2 bridgehead atoms. The Bertz CT molecular complexity index is 295. The highest BCUT2D eigenvalue weighted by atomic mass is 32.1. The van der Waals surface area contributed by atoms with E-state index in [4.69, 9.17) is 21.7 Å². The third-order valence-electron chi connectivity index (χ3n) is 4.53. The smallest absolute Gasteiger partial charge is 0.162 e. The lowest BCUT2D eigenvalue weighted by Crippen LogP contribution is -2.33. The summed E-state index contributed by atoms with van der Waals surface area (Å²) in [7, 11) is 1.66. The molecular weight excluding hydrogens is 248 g/mol. The first-order valence-corrected chi connectivity index (χ1v) is 7.46. The quantitative estimate of drug-likeness (QED) is 0.754. The van der Waals surface area contributed by atoms with Crippen LogP contribution in [0.15, 0.2) is 0 Å². The van der Waals surface area contributed by atoms with Crippen LogP contribution in [-0.4, -0.2) is 36.1 Å². The minimum Gasteiger partial charge on any atom is -0.490 e. The van der Waals surface area contributed by atoms with Crippen molar-refractivity contribution >= 4 is 17.3 Å². The Kier molecular flexibility index (Phi) is 4.98. The van der Waals surface area contributed by atoms with Gasteiger partial charge in [-0.15, -0.1) is 0 Å². The van der Waals surface area contributed by atoms with Gasteiger partial charge in [0.2, 0.25) is 0 Å². The largest absolute Gasteiger partial charge is 0.490 e. The van der Waals surface area contributed by atoms with Gasteiger partial charge in [0.25, 0.3) is 0 Å². The summed E-state index contributed by atoms with van der Waals surface area (Å²) in [4.78, 5) is 0. The number of thiocarbonyl (C=S) groups is 1. The Labute approximate surface area is 115 Å². The average molecular weight is 272 g/mol. The minimum absolute atomic E-state index is 0.240. The lowest BCUT2D eigenvalue weighted by Gasteiger charge is -2.29. The second-order valence-corrected chi connectivity index (χ2v) is 5.95. The average Bonchev–Trinajstić information content (AvgIpc) is 2.97. The van der Waals surface area contributed by atoms with Gasteiger partial charge in [-0.05, 0) is 43.8 Å². The molecule has 2 rings (SSSR count).